The molecule has 82 valence electrons. The van der Waals surface area contributed by atoms with E-state index >= 15 is 0 Å². The van der Waals surface area contributed by atoms with E-state index < -0.39 is 5.60 Å². The Hall–Kier alpha value is -0.770. The van der Waals surface area contributed by atoms with Crippen LogP contribution in [-0.2, 0) is 0 Å². The van der Waals surface area contributed by atoms with Gasteiger partial charge in [-0.2, -0.15) is 0 Å². The predicted octanol–water partition coefficient (Wildman–Crippen LogP) is 0.953. The average molecular weight is 200 g/mol. The lowest BCUT2D eigenvalue weighted by Gasteiger charge is -2.34. The molecule has 0 radical (unpaired) electrons. The molecular weight excluding hydrogens is 180 g/mol. The van der Waals surface area contributed by atoms with Crippen molar-refractivity contribution in [2.24, 2.45) is 0 Å². The summed E-state index contributed by atoms with van der Waals surface area (Å²) in [5.74, 6) is 0. The molecular formula is C10H20N2O2. The molecule has 4 heteroatoms. The van der Waals surface area contributed by atoms with Crippen LogP contribution in [0.2, 0.25) is 0 Å². The van der Waals surface area contributed by atoms with Crippen LogP contribution in [0.3, 0.4) is 0 Å². The van der Waals surface area contributed by atoms with Crippen LogP contribution in [0, 0.1) is 0 Å². The predicted molar refractivity (Wildman–Crippen MR) is 55.1 cm³/mol. The molecule has 0 saturated carbocycles. The minimum Gasteiger partial charge on any atom is -0.388 e. The molecule has 1 atom stereocenters. The number of carbonyl (C=O) groups is 1. The van der Waals surface area contributed by atoms with Crippen LogP contribution in [0.5, 0.6) is 0 Å². The van der Waals surface area contributed by atoms with Crippen molar-refractivity contribution in [2.75, 3.05) is 19.6 Å². The number of β-amino-alcohol motifs (C(OH)–C–C–N with tert-alkyl or cyclic N) is 1. The normalized spacial score (nSPS) is 21.6. The summed E-state index contributed by atoms with van der Waals surface area (Å²) in [5, 5.41) is 12.7. The first-order valence-electron chi connectivity index (χ1n) is 5.30. The summed E-state index contributed by atoms with van der Waals surface area (Å²) in [6.45, 7) is 5.77. The van der Waals surface area contributed by atoms with Crippen molar-refractivity contribution in [1.29, 1.82) is 0 Å². The lowest BCUT2D eigenvalue weighted by molar-refractivity contribution is 0.0192. The van der Waals surface area contributed by atoms with Gasteiger partial charge in [0.25, 0.3) is 0 Å². The summed E-state index contributed by atoms with van der Waals surface area (Å²) in [6, 6.07) is -0.0485. The fourth-order valence-corrected chi connectivity index (χ4v) is 1.86. The largest absolute Gasteiger partial charge is 0.388 e. The summed E-state index contributed by atoms with van der Waals surface area (Å²) in [4.78, 5) is 13.1. The van der Waals surface area contributed by atoms with Gasteiger partial charge in [-0.1, -0.05) is 13.3 Å². The van der Waals surface area contributed by atoms with E-state index in [4.69, 9.17) is 0 Å². The van der Waals surface area contributed by atoms with Gasteiger partial charge in [0.15, 0.2) is 0 Å². The first-order valence-corrected chi connectivity index (χ1v) is 5.30. The number of hydrogen-bond donors (Lipinski definition) is 2. The number of amides is 2. The zero-order chi connectivity index (χ0) is 10.6. The Kier molecular flexibility index (Phi) is 3.75. The first kappa shape index (κ1) is 11.3. The fourth-order valence-electron chi connectivity index (χ4n) is 1.86. The van der Waals surface area contributed by atoms with Crippen molar-refractivity contribution < 1.29 is 9.90 Å². The second-order valence-corrected chi connectivity index (χ2v) is 4.25. The van der Waals surface area contributed by atoms with E-state index in [-0.39, 0.29) is 6.03 Å². The maximum atomic E-state index is 11.4. The van der Waals surface area contributed by atoms with Gasteiger partial charge in [0.1, 0.15) is 0 Å². The van der Waals surface area contributed by atoms with E-state index in [9.17, 15) is 9.90 Å². The highest BCUT2D eigenvalue weighted by atomic mass is 16.3. The van der Waals surface area contributed by atoms with Crippen molar-refractivity contribution in [2.45, 2.75) is 38.7 Å². The zero-order valence-electron chi connectivity index (χ0n) is 9.05. The SMILES string of the molecule is CCCC(C)(O)CN1CCCNC1=O. The first-order chi connectivity index (χ1) is 6.55. The van der Waals surface area contributed by atoms with E-state index in [1.807, 2.05) is 6.92 Å². The highest BCUT2D eigenvalue weighted by Crippen LogP contribution is 2.15. The minimum atomic E-state index is -0.747. The fraction of sp³-hybridized carbons (Fsp3) is 0.900. The Morgan fingerprint density at radius 2 is 2.36 bits per heavy atom. The third-order valence-electron chi connectivity index (χ3n) is 2.49. The highest BCUT2D eigenvalue weighted by molar-refractivity contribution is 5.74. The second-order valence-electron chi connectivity index (χ2n) is 4.25. The lowest BCUT2D eigenvalue weighted by atomic mass is 10.00. The van der Waals surface area contributed by atoms with Crippen molar-refractivity contribution in [3.05, 3.63) is 0 Å². The van der Waals surface area contributed by atoms with Gasteiger partial charge in [0, 0.05) is 13.1 Å². The molecule has 1 rings (SSSR count). The molecule has 0 aliphatic carbocycles. The molecule has 0 spiro atoms. The van der Waals surface area contributed by atoms with E-state index in [0.29, 0.717) is 6.54 Å². The molecule has 1 aliphatic heterocycles. The van der Waals surface area contributed by atoms with Gasteiger partial charge in [0.2, 0.25) is 0 Å². The maximum Gasteiger partial charge on any atom is 0.317 e. The van der Waals surface area contributed by atoms with E-state index in [0.717, 1.165) is 32.4 Å². The van der Waals surface area contributed by atoms with Gasteiger partial charge < -0.3 is 15.3 Å². The van der Waals surface area contributed by atoms with E-state index in [1.54, 1.807) is 11.8 Å². The Labute approximate surface area is 85.3 Å². The Morgan fingerprint density at radius 1 is 1.64 bits per heavy atom. The average Bonchev–Trinajstić information content (AvgIpc) is 2.08. The number of rotatable bonds is 4. The van der Waals surface area contributed by atoms with Crippen LogP contribution < -0.4 is 5.32 Å². The molecule has 0 aromatic rings. The Bertz CT molecular complexity index is 204. The van der Waals surface area contributed by atoms with Gasteiger partial charge in [0.05, 0.1) is 12.1 Å². The number of nitrogens with zero attached hydrogens (tertiary/aromatic N) is 1. The van der Waals surface area contributed by atoms with Crippen LogP contribution in [0.15, 0.2) is 0 Å². The molecule has 14 heavy (non-hydrogen) atoms. The van der Waals surface area contributed by atoms with Crippen LogP contribution >= 0.6 is 0 Å². The van der Waals surface area contributed by atoms with Gasteiger partial charge in [-0.25, -0.2) is 4.79 Å². The van der Waals surface area contributed by atoms with Crippen LogP contribution in [-0.4, -0.2) is 41.3 Å². The van der Waals surface area contributed by atoms with Crippen LogP contribution in [0.1, 0.15) is 33.1 Å². The minimum absolute atomic E-state index is 0.0485. The number of carbonyl (C=O) groups excluding carboxylic acids is 1. The molecule has 1 heterocycles. The molecule has 4 nitrogen and oxygen atoms in total. The van der Waals surface area contributed by atoms with Gasteiger partial charge >= 0.3 is 6.03 Å². The molecule has 1 aliphatic rings. The van der Waals surface area contributed by atoms with Crippen molar-refractivity contribution in [1.82, 2.24) is 10.2 Å². The lowest BCUT2D eigenvalue weighted by Crippen LogP contribution is -2.52. The summed E-state index contributed by atoms with van der Waals surface area (Å²) in [5.41, 5.74) is -0.747. The van der Waals surface area contributed by atoms with Gasteiger partial charge in [-0.05, 0) is 19.8 Å². The van der Waals surface area contributed by atoms with Gasteiger partial charge in [-0.3, -0.25) is 0 Å². The van der Waals surface area contributed by atoms with Crippen LogP contribution in [0.25, 0.3) is 0 Å². The smallest absolute Gasteiger partial charge is 0.317 e. The Morgan fingerprint density at radius 3 is 2.93 bits per heavy atom. The Balaban J connectivity index is 2.45. The molecule has 0 aromatic carbocycles. The van der Waals surface area contributed by atoms with Crippen molar-refractivity contribution >= 4 is 6.03 Å². The third-order valence-corrected chi connectivity index (χ3v) is 2.49. The highest BCUT2D eigenvalue weighted by Gasteiger charge is 2.27. The van der Waals surface area contributed by atoms with E-state index in [1.165, 1.54) is 0 Å². The number of nitrogens with one attached hydrogen (secondary N) is 1. The maximum absolute atomic E-state index is 11.4. The molecule has 1 fully saturated rings. The summed E-state index contributed by atoms with van der Waals surface area (Å²) < 4.78 is 0. The quantitative estimate of drug-likeness (QED) is 0.710. The number of hydrogen-bond acceptors (Lipinski definition) is 2. The second kappa shape index (κ2) is 4.64. The standard InChI is InChI=1S/C10H20N2O2/c1-3-5-10(2,14)8-12-7-4-6-11-9(12)13/h14H,3-8H2,1-2H3,(H,11,13). The van der Waals surface area contributed by atoms with Crippen molar-refractivity contribution in [3.63, 3.8) is 0 Å². The number of urea groups is 1. The van der Waals surface area contributed by atoms with Gasteiger partial charge in [-0.15, -0.1) is 0 Å². The zero-order valence-corrected chi connectivity index (χ0v) is 9.05. The topological polar surface area (TPSA) is 52.6 Å². The number of aliphatic hydroxyl groups is 1. The molecule has 1 unspecified atom stereocenters. The third kappa shape index (κ3) is 3.18. The molecule has 0 bridgehead atoms. The van der Waals surface area contributed by atoms with Crippen LogP contribution in [0.4, 0.5) is 4.79 Å². The molecule has 0 aromatic heterocycles. The summed E-state index contributed by atoms with van der Waals surface area (Å²) >= 11 is 0. The molecule has 2 N–H and O–H groups in total. The summed E-state index contributed by atoms with van der Waals surface area (Å²) in [7, 11) is 0. The molecule has 2 amide bonds. The molecule has 1 saturated heterocycles. The van der Waals surface area contributed by atoms with E-state index in [2.05, 4.69) is 5.32 Å². The van der Waals surface area contributed by atoms with Crippen molar-refractivity contribution in [3.8, 4) is 0 Å². The summed E-state index contributed by atoms with van der Waals surface area (Å²) in [6.07, 6.45) is 2.63. The monoisotopic (exact) mass is 200 g/mol.